The predicted octanol–water partition coefficient (Wildman–Crippen LogP) is 4.77. The molecule has 0 amide bonds. The summed E-state index contributed by atoms with van der Waals surface area (Å²) in [5.41, 5.74) is 2.24. The number of ketones is 1. The normalized spacial score (nSPS) is 12.0. The average Bonchev–Trinajstić information content (AvgIpc) is 3.10. The molecule has 1 heterocycles. The lowest BCUT2D eigenvalue weighted by Crippen LogP contribution is -2.19. The third-order valence-corrected chi connectivity index (χ3v) is 5.23. The van der Waals surface area contributed by atoms with Gasteiger partial charge in [-0.3, -0.25) is 9.59 Å². The van der Waals surface area contributed by atoms with E-state index in [4.69, 9.17) is 0 Å². The fourth-order valence-corrected chi connectivity index (χ4v) is 3.66. The van der Waals surface area contributed by atoms with Crippen LogP contribution in [0.3, 0.4) is 0 Å². The van der Waals surface area contributed by atoms with Crippen LogP contribution in [0.25, 0.3) is 10.6 Å². The molecule has 1 N–H and O–H groups in total. The highest BCUT2D eigenvalue weighted by atomic mass is 32.1. The number of halogens is 2. The van der Waals surface area contributed by atoms with E-state index in [1.54, 1.807) is 5.38 Å². The quantitative estimate of drug-likeness (QED) is 0.619. The molecule has 0 fully saturated rings. The second kappa shape index (κ2) is 8.39. The van der Waals surface area contributed by atoms with Crippen molar-refractivity contribution in [2.24, 2.45) is 0 Å². The number of carbonyl (C=O) groups is 2. The highest BCUT2D eigenvalue weighted by Gasteiger charge is 2.27. The second-order valence-electron chi connectivity index (χ2n) is 6.49. The van der Waals surface area contributed by atoms with Crippen molar-refractivity contribution < 1.29 is 23.5 Å². The summed E-state index contributed by atoms with van der Waals surface area (Å²) in [4.78, 5) is 28.3. The smallest absolute Gasteiger partial charge is 0.311 e. The number of rotatable bonds is 7. The molecule has 3 rings (SSSR count). The number of carboxylic acids is 1. The highest BCUT2D eigenvalue weighted by molar-refractivity contribution is 7.13. The zero-order valence-electron chi connectivity index (χ0n) is 15.0. The summed E-state index contributed by atoms with van der Waals surface area (Å²) in [6.07, 6.45) is -0.504. The molecular formula is C21H17F2NO3S. The van der Waals surface area contributed by atoms with E-state index in [0.29, 0.717) is 5.69 Å². The van der Waals surface area contributed by atoms with E-state index in [1.165, 1.54) is 11.3 Å². The molecule has 2 aromatic carbocycles. The SMILES string of the molecule is Cc1ccc(-c2nc(CC(=O)CC(C(=O)O)c3cc(F)ccc3F)cs2)cc1. The van der Waals surface area contributed by atoms with Crippen LogP contribution in [0.5, 0.6) is 0 Å². The number of carboxylic acid groups (broad SMARTS) is 1. The second-order valence-corrected chi connectivity index (χ2v) is 7.34. The molecule has 4 nitrogen and oxygen atoms in total. The zero-order valence-corrected chi connectivity index (χ0v) is 15.8. The molecule has 0 aliphatic rings. The van der Waals surface area contributed by atoms with Crippen molar-refractivity contribution in [3.63, 3.8) is 0 Å². The standard InChI is InChI=1S/C21H17F2NO3S/c1-12-2-4-13(5-3-12)20-24-15(11-28-20)9-16(25)10-18(21(26)27)17-8-14(22)6-7-19(17)23/h2-8,11,18H,9-10H2,1H3,(H,26,27). The summed E-state index contributed by atoms with van der Waals surface area (Å²) in [7, 11) is 0. The number of carbonyl (C=O) groups excluding carboxylic acids is 1. The van der Waals surface area contributed by atoms with Gasteiger partial charge in [-0.1, -0.05) is 29.8 Å². The van der Waals surface area contributed by atoms with Crippen LogP contribution in [0.15, 0.2) is 47.8 Å². The van der Waals surface area contributed by atoms with E-state index < -0.39 is 35.7 Å². The number of hydrogen-bond donors (Lipinski definition) is 1. The van der Waals surface area contributed by atoms with Crippen LogP contribution in [0, 0.1) is 18.6 Å². The summed E-state index contributed by atoms with van der Waals surface area (Å²) < 4.78 is 27.3. The van der Waals surface area contributed by atoms with E-state index >= 15 is 0 Å². The lowest BCUT2D eigenvalue weighted by molar-refractivity contribution is -0.140. The van der Waals surface area contributed by atoms with E-state index in [-0.39, 0.29) is 12.0 Å². The molecule has 28 heavy (non-hydrogen) atoms. The van der Waals surface area contributed by atoms with Crippen molar-refractivity contribution >= 4 is 23.1 Å². The largest absolute Gasteiger partial charge is 0.481 e. The fraction of sp³-hybridized carbons (Fsp3) is 0.190. The molecule has 0 aliphatic heterocycles. The Hall–Kier alpha value is -2.93. The molecule has 0 saturated heterocycles. The van der Waals surface area contributed by atoms with Crippen LogP contribution >= 0.6 is 11.3 Å². The first-order valence-electron chi connectivity index (χ1n) is 8.54. The van der Waals surface area contributed by atoms with E-state index in [2.05, 4.69) is 4.98 Å². The van der Waals surface area contributed by atoms with Crippen LogP contribution in [0.4, 0.5) is 8.78 Å². The van der Waals surface area contributed by atoms with Gasteiger partial charge in [0.1, 0.15) is 22.4 Å². The number of aryl methyl sites for hydroxylation is 1. The van der Waals surface area contributed by atoms with E-state index in [9.17, 15) is 23.5 Å². The number of aromatic nitrogens is 1. The maximum Gasteiger partial charge on any atom is 0.311 e. The van der Waals surface area contributed by atoms with Gasteiger partial charge in [0.15, 0.2) is 0 Å². The summed E-state index contributed by atoms with van der Waals surface area (Å²) >= 11 is 1.39. The molecule has 7 heteroatoms. The topological polar surface area (TPSA) is 67.3 Å². The fourth-order valence-electron chi connectivity index (χ4n) is 2.83. The van der Waals surface area contributed by atoms with Gasteiger partial charge in [-0.2, -0.15) is 0 Å². The Bertz CT molecular complexity index is 1010. The number of hydrogen-bond acceptors (Lipinski definition) is 4. The van der Waals surface area contributed by atoms with Gasteiger partial charge in [0.25, 0.3) is 0 Å². The van der Waals surface area contributed by atoms with Gasteiger partial charge in [-0.15, -0.1) is 11.3 Å². The molecule has 144 valence electrons. The van der Waals surface area contributed by atoms with Crippen LogP contribution in [0.1, 0.15) is 29.2 Å². The highest BCUT2D eigenvalue weighted by Crippen LogP contribution is 2.27. The van der Waals surface area contributed by atoms with Crippen molar-refractivity contribution in [1.82, 2.24) is 4.98 Å². The third kappa shape index (κ3) is 4.67. The summed E-state index contributed by atoms with van der Waals surface area (Å²) in [5, 5.41) is 11.9. The average molecular weight is 401 g/mol. The Kier molecular flexibility index (Phi) is 5.94. The van der Waals surface area contributed by atoms with Crippen molar-refractivity contribution in [2.75, 3.05) is 0 Å². The first-order valence-corrected chi connectivity index (χ1v) is 9.42. The number of benzene rings is 2. The molecule has 0 saturated carbocycles. The van der Waals surface area contributed by atoms with Crippen molar-refractivity contribution in [1.29, 1.82) is 0 Å². The Labute approximate surface area is 164 Å². The predicted molar refractivity (Wildman–Crippen MR) is 102 cm³/mol. The molecular weight excluding hydrogens is 384 g/mol. The molecule has 1 unspecified atom stereocenters. The van der Waals surface area contributed by atoms with Crippen LogP contribution in [0.2, 0.25) is 0 Å². The first-order chi connectivity index (χ1) is 13.3. The van der Waals surface area contributed by atoms with Gasteiger partial charge in [-0.05, 0) is 25.1 Å². The molecule has 1 aromatic heterocycles. The molecule has 0 spiro atoms. The van der Waals surface area contributed by atoms with E-state index in [1.807, 2.05) is 31.2 Å². The molecule has 0 aliphatic carbocycles. The Balaban J connectivity index is 1.73. The summed E-state index contributed by atoms with van der Waals surface area (Å²) in [6, 6.07) is 10.4. The minimum absolute atomic E-state index is 0.0664. The van der Waals surface area contributed by atoms with Gasteiger partial charge < -0.3 is 5.11 Å². The Morgan fingerprint density at radius 2 is 1.86 bits per heavy atom. The number of aliphatic carboxylic acids is 1. The zero-order chi connectivity index (χ0) is 20.3. The molecule has 0 bridgehead atoms. The van der Waals surface area contributed by atoms with E-state index in [0.717, 1.165) is 34.3 Å². The van der Waals surface area contributed by atoms with Gasteiger partial charge in [0.05, 0.1) is 11.6 Å². The monoisotopic (exact) mass is 401 g/mol. The molecule has 3 aromatic rings. The van der Waals surface area contributed by atoms with Crippen LogP contribution < -0.4 is 0 Å². The van der Waals surface area contributed by atoms with Gasteiger partial charge >= 0.3 is 5.97 Å². The number of nitrogens with zero attached hydrogens (tertiary/aromatic N) is 1. The Morgan fingerprint density at radius 3 is 2.54 bits per heavy atom. The number of Topliss-reactive ketones (excluding diaryl/α,β-unsaturated/α-hetero) is 1. The number of thiazole rings is 1. The van der Waals surface area contributed by atoms with Gasteiger partial charge in [-0.25, -0.2) is 13.8 Å². The molecule has 0 radical (unpaired) electrons. The van der Waals surface area contributed by atoms with Gasteiger partial charge in [0.2, 0.25) is 0 Å². The Morgan fingerprint density at radius 1 is 1.14 bits per heavy atom. The van der Waals surface area contributed by atoms with Gasteiger partial charge in [0, 0.05) is 29.3 Å². The minimum atomic E-state index is -1.45. The summed E-state index contributed by atoms with van der Waals surface area (Å²) in [6.45, 7) is 1.98. The maximum atomic E-state index is 13.9. The third-order valence-electron chi connectivity index (χ3n) is 4.29. The lowest BCUT2D eigenvalue weighted by Gasteiger charge is -2.13. The van der Waals surface area contributed by atoms with Crippen LogP contribution in [-0.2, 0) is 16.0 Å². The molecule has 1 atom stereocenters. The van der Waals surface area contributed by atoms with Crippen LogP contribution in [-0.4, -0.2) is 21.8 Å². The van der Waals surface area contributed by atoms with Crippen molar-refractivity contribution in [3.05, 3.63) is 76.3 Å². The lowest BCUT2D eigenvalue weighted by atomic mass is 9.92. The first kappa shape index (κ1) is 19.8. The van der Waals surface area contributed by atoms with Crippen molar-refractivity contribution in [3.8, 4) is 10.6 Å². The maximum absolute atomic E-state index is 13.9. The van der Waals surface area contributed by atoms with Crippen molar-refractivity contribution in [2.45, 2.75) is 25.7 Å². The minimum Gasteiger partial charge on any atom is -0.481 e. The summed E-state index contributed by atoms with van der Waals surface area (Å²) in [5.74, 6) is -4.83.